The molecule has 1 heterocycles. The van der Waals surface area contributed by atoms with Crippen molar-refractivity contribution in [3.05, 3.63) is 35.9 Å². The molecule has 0 unspecified atom stereocenters. The highest BCUT2D eigenvalue weighted by atomic mass is 15.2. The minimum atomic E-state index is 1.20. The molecule has 70 valence electrons. The Morgan fingerprint density at radius 3 is 2.46 bits per heavy atom. The third kappa shape index (κ3) is 2.54. The van der Waals surface area contributed by atoms with Crippen molar-refractivity contribution in [3.63, 3.8) is 0 Å². The number of nitrogens with one attached hydrogen (secondary N) is 1. The lowest BCUT2D eigenvalue weighted by Crippen LogP contribution is -3.19. The van der Waals surface area contributed by atoms with E-state index in [-0.39, 0.29) is 0 Å². The Kier molecular flexibility index (Phi) is 2.95. The van der Waals surface area contributed by atoms with Crippen molar-refractivity contribution >= 4 is 0 Å². The summed E-state index contributed by atoms with van der Waals surface area (Å²) in [6, 6.07) is 10.8. The Hall–Kier alpha value is -0.860. The van der Waals surface area contributed by atoms with Crippen molar-refractivity contribution in [3.8, 4) is 0 Å². The summed E-state index contributed by atoms with van der Waals surface area (Å²) in [7, 11) is 0. The van der Waals surface area contributed by atoms with Crippen LogP contribution in [0.4, 0.5) is 0 Å². The van der Waals surface area contributed by atoms with Crippen LogP contribution < -0.4 is 10.2 Å². The summed E-state index contributed by atoms with van der Waals surface area (Å²) in [6.45, 7) is 6.42. The average molecular weight is 178 g/mol. The summed E-state index contributed by atoms with van der Waals surface area (Å²) < 4.78 is 0. The molecule has 2 rings (SSSR count). The first kappa shape index (κ1) is 8.73. The largest absolute Gasteiger partial charge is 0.337 e. The van der Waals surface area contributed by atoms with Crippen LogP contribution in [-0.2, 0) is 6.54 Å². The molecule has 2 heteroatoms. The second kappa shape index (κ2) is 4.40. The molecule has 13 heavy (non-hydrogen) atoms. The minimum absolute atomic E-state index is 1.20. The van der Waals surface area contributed by atoms with Gasteiger partial charge >= 0.3 is 0 Å². The van der Waals surface area contributed by atoms with Crippen LogP contribution >= 0.6 is 0 Å². The molecule has 0 bridgehead atoms. The van der Waals surface area contributed by atoms with E-state index in [2.05, 4.69) is 35.6 Å². The third-order valence-corrected chi connectivity index (χ3v) is 2.70. The van der Waals surface area contributed by atoms with Crippen LogP contribution in [-0.4, -0.2) is 26.2 Å². The highest BCUT2D eigenvalue weighted by Crippen LogP contribution is 1.94. The Balaban J connectivity index is 1.90. The van der Waals surface area contributed by atoms with Gasteiger partial charge in [0.15, 0.2) is 0 Å². The quantitative estimate of drug-likeness (QED) is 0.559. The Morgan fingerprint density at radius 2 is 1.77 bits per heavy atom. The maximum Gasteiger partial charge on any atom is 0.127 e. The zero-order chi connectivity index (χ0) is 8.93. The lowest BCUT2D eigenvalue weighted by atomic mass is 10.2. The molecular weight excluding hydrogens is 160 g/mol. The molecule has 2 nitrogen and oxygen atoms in total. The second-order valence-corrected chi connectivity index (χ2v) is 3.78. The summed E-state index contributed by atoms with van der Waals surface area (Å²) in [5, 5.41) is 2.41. The maximum absolute atomic E-state index is 2.41. The first-order valence-electron chi connectivity index (χ1n) is 5.14. The molecule has 3 N–H and O–H groups in total. The van der Waals surface area contributed by atoms with E-state index in [1.165, 1.54) is 38.3 Å². The first-order valence-corrected chi connectivity index (χ1v) is 5.14. The molecule has 1 aromatic carbocycles. The lowest BCUT2D eigenvalue weighted by molar-refractivity contribution is -0.958. The molecule has 1 aromatic rings. The van der Waals surface area contributed by atoms with Gasteiger partial charge in [0, 0.05) is 5.56 Å². The molecule has 0 aliphatic carbocycles. The fourth-order valence-corrected chi connectivity index (χ4v) is 1.94. The molecule has 1 fully saturated rings. The molecule has 0 atom stereocenters. The lowest BCUT2D eigenvalue weighted by Gasteiger charge is -2.22. The summed E-state index contributed by atoms with van der Waals surface area (Å²) >= 11 is 0. The minimum Gasteiger partial charge on any atom is -0.337 e. The van der Waals surface area contributed by atoms with E-state index in [0.717, 1.165) is 0 Å². The predicted octanol–water partition coefficient (Wildman–Crippen LogP) is -1.35. The molecule has 0 saturated carbocycles. The summed E-state index contributed by atoms with van der Waals surface area (Å²) in [6.07, 6.45) is 0. The highest BCUT2D eigenvalue weighted by Gasteiger charge is 2.14. The standard InChI is InChI=1S/C11H16N2/c1-2-4-11(5-3-1)10-13-8-6-12-7-9-13/h1-5,12H,6-10H2/p+2. The third-order valence-electron chi connectivity index (χ3n) is 2.70. The van der Waals surface area contributed by atoms with Crippen molar-refractivity contribution in [2.75, 3.05) is 26.2 Å². The predicted molar refractivity (Wildman–Crippen MR) is 52.5 cm³/mol. The molecule has 0 aromatic heterocycles. The van der Waals surface area contributed by atoms with Crippen molar-refractivity contribution < 1.29 is 10.2 Å². The maximum atomic E-state index is 2.41. The number of hydrogen-bond acceptors (Lipinski definition) is 0. The zero-order valence-electron chi connectivity index (χ0n) is 8.00. The number of quaternary nitrogens is 2. The van der Waals surface area contributed by atoms with Gasteiger partial charge in [-0.25, -0.2) is 0 Å². The van der Waals surface area contributed by atoms with Gasteiger partial charge in [0.05, 0.1) is 0 Å². The van der Waals surface area contributed by atoms with E-state index < -0.39 is 0 Å². The van der Waals surface area contributed by atoms with E-state index in [0.29, 0.717) is 0 Å². The van der Waals surface area contributed by atoms with Gasteiger partial charge in [0.25, 0.3) is 0 Å². The number of benzene rings is 1. The van der Waals surface area contributed by atoms with E-state index in [1.807, 2.05) is 0 Å². The molecule has 1 aliphatic rings. The molecule has 0 spiro atoms. The number of piperazine rings is 1. The first-order chi connectivity index (χ1) is 6.45. The van der Waals surface area contributed by atoms with Crippen LogP contribution in [0.3, 0.4) is 0 Å². The second-order valence-electron chi connectivity index (χ2n) is 3.78. The average Bonchev–Trinajstić information content (AvgIpc) is 2.21. The molecule has 0 amide bonds. The van der Waals surface area contributed by atoms with E-state index >= 15 is 0 Å². The van der Waals surface area contributed by atoms with Crippen molar-refractivity contribution in [2.45, 2.75) is 6.54 Å². The topological polar surface area (TPSA) is 21.1 Å². The van der Waals surface area contributed by atoms with Gasteiger partial charge in [-0.15, -0.1) is 0 Å². The van der Waals surface area contributed by atoms with Gasteiger partial charge in [-0.3, -0.25) is 0 Å². The van der Waals surface area contributed by atoms with Gasteiger partial charge < -0.3 is 10.2 Å². The highest BCUT2D eigenvalue weighted by molar-refractivity contribution is 5.13. The van der Waals surface area contributed by atoms with Gasteiger partial charge in [0.1, 0.15) is 32.7 Å². The smallest absolute Gasteiger partial charge is 0.127 e. The molecule has 0 radical (unpaired) electrons. The fraction of sp³-hybridized carbons (Fsp3) is 0.455. The fourth-order valence-electron chi connectivity index (χ4n) is 1.94. The number of nitrogens with two attached hydrogens (primary N) is 1. The Bertz CT molecular complexity index is 240. The summed E-state index contributed by atoms with van der Waals surface area (Å²) in [5.41, 5.74) is 1.47. The Labute approximate surface area is 79.6 Å². The zero-order valence-corrected chi connectivity index (χ0v) is 8.00. The van der Waals surface area contributed by atoms with Crippen LogP contribution in [0.2, 0.25) is 0 Å². The molecule has 1 aliphatic heterocycles. The molecule has 1 saturated heterocycles. The number of rotatable bonds is 2. The van der Waals surface area contributed by atoms with Crippen molar-refractivity contribution in [1.82, 2.24) is 0 Å². The molecular formula is C11H18N2+2. The van der Waals surface area contributed by atoms with Gasteiger partial charge in [-0.2, -0.15) is 0 Å². The van der Waals surface area contributed by atoms with E-state index in [9.17, 15) is 0 Å². The van der Waals surface area contributed by atoms with Crippen LogP contribution in [0.1, 0.15) is 5.56 Å². The summed E-state index contributed by atoms with van der Waals surface area (Å²) in [4.78, 5) is 1.73. The van der Waals surface area contributed by atoms with Gasteiger partial charge in [-0.05, 0) is 0 Å². The van der Waals surface area contributed by atoms with E-state index in [1.54, 1.807) is 4.90 Å². The van der Waals surface area contributed by atoms with Crippen LogP contribution in [0.25, 0.3) is 0 Å². The monoisotopic (exact) mass is 178 g/mol. The normalized spacial score (nSPS) is 18.8. The van der Waals surface area contributed by atoms with Crippen molar-refractivity contribution in [1.29, 1.82) is 0 Å². The van der Waals surface area contributed by atoms with Crippen LogP contribution in [0, 0.1) is 0 Å². The summed E-state index contributed by atoms with van der Waals surface area (Å²) in [5.74, 6) is 0. The van der Waals surface area contributed by atoms with Crippen LogP contribution in [0.5, 0.6) is 0 Å². The van der Waals surface area contributed by atoms with E-state index in [4.69, 9.17) is 0 Å². The van der Waals surface area contributed by atoms with Gasteiger partial charge in [0.2, 0.25) is 0 Å². The SMILES string of the molecule is c1ccc(C[NH+]2CC[NH2+]CC2)cc1. The number of hydrogen-bond donors (Lipinski definition) is 2. The van der Waals surface area contributed by atoms with Crippen LogP contribution in [0.15, 0.2) is 30.3 Å². The van der Waals surface area contributed by atoms with Crippen molar-refractivity contribution in [2.24, 2.45) is 0 Å². The Morgan fingerprint density at radius 1 is 1.08 bits per heavy atom. The van der Waals surface area contributed by atoms with Gasteiger partial charge in [-0.1, -0.05) is 30.3 Å².